The van der Waals surface area contributed by atoms with Gasteiger partial charge in [-0.1, -0.05) is 37.3 Å². The number of ether oxygens (including phenoxy) is 1. The first-order valence-electron chi connectivity index (χ1n) is 11.1. The van der Waals surface area contributed by atoms with Crippen molar-refractivity contribution in [2.24, 2.45) is 0 Å². The van der Waals surface area contributed by atoms with Crippen LogP contribution in [-0.4, -0.2) is 60.0 Å². The summed E-state index contributed by atoms with van der Waals surface area (Å²) in [6.45, 7) is 6.16. The van der Waals surface area contributed by atoms with Gasteiger partial charge in [-0.05, 0) is 49.3 Å². The zero-order valence-electron chi connectivity index (χ0n) is 18.9. The molecule has 1 aliphatic rings. The van der Waals surface area contributed by atoms with Crippen LogP contribution in [0.3, 0.4) is 0 Å². The summed E-state index contributed by atoms with van der Waals surface area (Å²) in [5.41, 5.74) is 2.21. The Morgan fingerprint density at radius 1 is 1.22 bits per heavy atom. The summed E-state index contributed by atoms with van der Waals surface area (Å²) in [4.78, 5) is 42.6. The van der Waals surface area contributed by atoms with Crippen molar-refractivity contribution < 1.29 is 19.1 Å². The van der Waals surface area contributed by atoms with E-state index in [1.54, 1.807) is 18.3 Å². The summed E-state index contributed by atoms with van der Waals surface area (Å²) < 4.78 is 4.88. The zero-order chi connectivity index (χ0) is 23.1. The first-order valence-corrected chi connectivity index (χ1v) is 11.9. The molecule has 7 nitrogen and oxygen atoms in total. The monoisotopic (exact) mass is 457 g/mol. The van der Waals surface area contributed by atoms with Crippen LogP contribution in [0.2, 0.25) is 0 Å². The van der Waals surface area contributed by atoms with Crippen LogP contribution in [0.1, 0.15) is 49.2 Å². The van der Waals surface area contributed by atoms with Crippen LogP contribution < -0.4 is 5.32 Å². The third kappa shape index (κ3) is 5.48. The second kappa shape index (κ2) is 11.1. The van der Waals surface area contributed by atoms with E-state index in [0.717, 1.165) is 17.5 Å². The number of carbonyl (C=O) groups is 3. The van der Waals surface area contributed by atoms with Gasteiger partial charge in [-0.3, -0.25) is 9.59 Å². The van der Waals surface area contributed by atoms with E-state index in [2.05, 4.69) is 16.8 Å². The molecular formula is C24H31N3O4S. The van der Waals surface area contributed by atoms with Crippen molar-refractivity contribution in [1.29, 1.82) is 0 Å². The van der Waals surface area contributed by atoms with E-state index in [0.29, 0.717) is 13.0 Å². The molecule has 0 fully saturated rings. The van der Waals surface area contributed by atoms with Gasteiger partial charge in [0, 0.05) is 17.5 Å². The highest BCUT2D eigenvalue weighted by atomic mass is 32.1. The first kappa shape index (κ1) is 23.8. The lowest BCUT2D eigenvalue weighted by atomic mass is 9.93. The first-order chi connectivity index (χ1) is 15.5. The topological polar surface area (TPSA) is 79.0 Å². The number of thiophene rings is 1. The van der Waals surface area contributed by atoms with Gasteiger partial charge in [0.05, 0.1) is 12.6 Å². The SMILES string of the molecule is CCOC(=O)CNC(=O)N(CC(=O)N1CCc2sccc2C1c1ccccc1)C(C)CC. The Hall–Kier alpha value is -2.87. The molecule has 2 atom stereocenters. The quantitative estimate of drug-likeness (QED) is 0.615. The Morgan fingerprint density at radius 2 is 1.97 bits per heavy atom. The molecule has 3 amide bonds. The highest BCUT2D eigenvalue weighted by Crippen LogP contribution is 2.37. The minimum Gasteiger partial charge on any atom is -0.465 e. The van der Waals surface area contributed by atoms with Crippen molar-refractivity contribution in [2.75, 3.05) is 26.2 Å². The van der Waals surface area contributed by atoms with Crippen LogP contribution >= 0.6 is 11.3 Å². The number of hydrogen-bond donors (Lipinski definition) is 1. The smallest absolute Gasteiger partial charge is 0.325 e. The van der Waals surface area contributed by atoms with Crippen molar-refractivity contribution >= 4 is 29.2 Å². The van der Waals surface area contributed by atoms with Crippen LogP contribution in [0.25, 0.3) is 0 Å². The van der Waals surface area contributed by atoms with Crippen LogP contribution in [0.4, 0.5) is 4.79 Å². The van der Waals surface area contributed by atoms with Gasteiger partial charge in [0.15, 0.2) is 0 Å². The molecule has 1 N–H and O–H groups in total. The number of nitrogens with one attached hydrogen (secondary N) is 1. The number of amides is 3. The van der Waals surface area contributed by atoms with Crippen LogP contribution in [0.15, 0.2) is 41.8 Å². The van der Waals surface area contributed by atoms with E-state index in [-0.39, 0.29) is 37.7 Å². The maximum absolute atomic E-state index is 13.5. The van der Waals surface area contributed by atoms with Crippen LogP contribution in [0.5, 0.6) is 0 Å². The molecule has 0 saturated carbocycles. The number of rotatable bonds is 8. The van der Waals surface area contributed by atoms with Crippen molar-refractivity contribution in [2.45, 2.75) is 45.7 Å². The molecule has 172 valence electrons. The summed E-state index contributed by atoms with van der Waals surface area (Å²) >= 11 is 1.72. The van der Waals surface area contributed by atoms with Gasteiger partial charge in [0.2, 0.25) is 5.91 Å². The molecule has 0 saturated heterocycles. The predicted octanol–water partition coefficient (Wildman–Crippen LogP) is 3.60. The molecule has 1 aromatic heterocycles. The number of urea groups is 1. The van der Waals surface area contributed by atoms with Gasteiger partial charge in [0.25, 0.3) is 0 Å². The van der Waals surface area contributed by atoms with Crippen LogP contribution in [0, 0.1) is 0 Å². The number of fused-ring (bicyclic) bond motifs is 1. The predicted molar refractivity (Wildman–Crippen MR) is 125 cm³/mol. The fourth-order valence-electron chi connectivity index (χ4n) is 3.93. The minimum absolute atomic E-state index is 0.0491. The molecule has 1 aliphatic heterocycles. The molecule has 3 rings (SSSR count). The summed E-state index contributed by atoms with van der Waals surface area (Å²) in [5.74, 6) is -0.608. The molecule has 0 aliphatic carbocycles. The van der Waals surface area contributed by atoms with E-state index >= 15 is 0 Å². The van der Waals surface area contributed by atoms with Crippen LogP contribution in [-0.2, 0) is 20.7 Å². The number of esters is 1. The molecule has 2 aromatic rings. The van der Waals surface area contributed by atoms with E-state index in [9.17, 15) is 14.4 Å². The summed E-state index contributed by atoms with van der Waals surface area (Å²) in [5, 5.41) is 4.66. The second-order valence-corrected chi connectivity index (χ2v) is 8.80. The van der Waals surface area contributed by atoms with Gasteiger partial charge in [-0.2, -0.15) is 0 Å². The number of benzene rings is 1. The third-order valence-corrected chi connectivity index (χ3v) is 6.78. The molecule has 0 radical (unpaired) electrons. The van der Waals surface area contributed by atoms with Crippen molar-refractivity contribution in [1.82, 2.24) is 15.1 Å². The molecule has 2 unspecified atom stereocenters. The molecule has 2 heterocycles. The Labute approximate surface area is 193 Å². The van der Waals surface area contributed by atoms with E-state index in [4.69, 9.17) is 4.74 Å². The van der Waals surface area contributed by atoms with Gasteiger partial charge >= 0.3 is 12.0 Å². The summed E-state index contributed by atoms with van der Waals surface area (Å²) in [7, 11) is 0. The Kier molecular flexibility index (Phi) is 8.27. The molecular weight excluding hydrogens is 426 g/mol. The zero-order valence-corrected chi connectivity index (χ0v) is 19.7. The second-order valence-electron chi connectivity index (χ2n) is 7.80. The minimum atomic E-state index is -0.499. The highest BCUT2D eigenvalue weighted by Gasteiger charge is 2.34. The van der Waals surface area contributed by atoms with E-state index < -0.39 is 12.0 Å². The highest BCUT2D eigenvalue weighted by molar-refractivity contribution is 7.10. The third-order valence-electron chi connectivity index (χ3n) is 5.78. The summed E-state index contributed by atoms with van der Waals surface area (Å²) in [6, 6.07) is 11.3. The number of nitrogens with zero attached hydrogens (tertiary/aromatic N) is 2. The van der Waals surface area contributed by atoms with Gasteiger partial charge in [0.1, 0.15) is 13.1 Å². The average molecular weight is 458 g/mol. The fourth-order valence-corrected chi connectivity index (χ4v) is 4.83. The molecule has 8 heteroatoms. The lowest BCUT2D eigenvalue weighted by Gasteiger charge is -2.38. The molecule has 0 bridgehead atoms. The Bertz CT molecular complexity index is 930. The van der Waals surface area contributed by atoms with Crippen molar-refractivity contribution in [3.05, 3.63) is 57.8 Å². The van der Waals surface area contributed by atoms with Crippen molar-refractivity contribution in [3.8, 4) is 0 Å². The number of carbonyl (C=O) groups excluding carboxylic acids is 3. The lowest BCUT2D eigenvalue weighted by Crippen LogP contribution is -2.52. The summed E-state index contributed by atoms with van der Waals surface area (Å²) in [6.07, 6.45) is 1.50. The van der Waals surface area contributed by atoms with Gasteiger partial charge < -0.3 is 19.9 Å². The molecule has 1 aromatic carbocycles. The normalized spacial score (nSPS) is 16.1. The van der Waals surface area contributed by atoms with E-state index in [1.807, 2.05) is 49.1 Å². The Balaban J connectivity index is 1.78. The van der Waals surface area contributed by atoms with E-state index in [1.165, 1.54) is 9.78 Å². The number of hydrogen-bond acceptors (Lipinski definition) is 5. The standard InChI is InChI=1S/C24H31N3O4S/c1-4-17(3)27(24(30)25-15-22(29)31-5-2)16-21(28)26-13-11-20-19(12-14-32-20)23(26)18-9-7-6-8-10-18/h6-10,12,14,17,23H,4-5,11,13,15-16H2,1-3H3,(H,25,30). The maximum atomic E-state index is 13.5. The Morgan fingerprint density at radius 3 is 2.66 bits per heavy atom. The molecule has 32 heavy (non-hydrogen) atoms. The van der Waals surface area contributed by atoms with Gasteiger partial charge in [-0.25, -0.2) is 4.79 Å². The largest absolute Gasteiger partial charge is 0.465 e. The lowest BCUT2D eigenvalue weighted by molar-refractivity contribution is -0.141. The average Bonchev–Trinajstić information content (AvgIpc) is 3.29. The van der Waals surface area contributed by atoms with Crippen molar-refractivity contribution in [3.63, 3.8) is 0 Å². The van der Waals surface area contributed by atoms with Gasteiger partial charge in [-0.15, -0.1) is 11.3 Å². The fraction of sp³-hybridized carbons (Fsp3) is 0.458. The molecule has 0 spiro atoms. The maximum Gasteiger partial charge on any atom is 0.325 e.